The van der Waals surface area contributed by atoms with E-state index in [1.54, 1.807) is 18.6 Å². The number of aromatic nitrogens is 2. The van der Waals surface area contributed by atoms with E-state index in [9.17, 15) is 5.11 Å². The summed E-state index contributed by atoms with van der Waals surface area (Å²) in [5.74, 6) is 1.29. The topological polar surface area (TPSA) is 47.3 Å². The van der Waals surface area contributed by atoms with Crippen LogP contribution in [0.4, 0.5) is 0 Å². The molecule has 1 unspecified atom stereocenters. The SMILES string of the molecule is CC(O)(CCn1ccnc1)c1ccc(Oc2ccccc2Cl)cc1. The van der Waals surface area contributed by atoms with Crippen molar-refractivity contribution in [3.05, 3.63) is 77.8 Å². The van der Waals surface area contributed by atoms with Crippen molar-refractivity contribution >= 4 is 11.6 Å². The van der Waals surface area contributed by atoms with E-state index in [0.29, 0.717) is 29.5 Å². The Hall–Kier alpha value is -2.30. The molecule has 0 aliphatic rings. The summed E-state index contributed by atoms with van der Waals surface area (Å²) in [7, 11) is 0. The van der Waals surface area contributed by atoms with Gasteiger partial charge in [-0.1, -0.05) is 35.9 Å². The zero-order valence-corrected chi connectivity index (χ0v) is 14.1. The van der Waals surface area contributed by atoms with Crippen LogP contribution in [-0.2, 0) is 12.1 Å². The summed E-state index contributed by atoms with van der Waals surface area (Å²) in [5, 5.41) is 11.3. The van der Waals surface area contributed by atoms with Gasteiger partial charge in [-0.15, -0.1) is 0 Å². The Morgan fingerprint density at radius 1 is 1.17 bits per heavy atom. The van der Waals surface area contributed by atoms with Crippen LogP contribution in [-0.4, -0.2) is 14.7 Å². The van der Waals surface area contributed by atoms with Gasteiger partial charge in [0.1, 0.15) is 11.5 Å². The maximum atomic E-state index is 10.7. The third-order valence-electron chi connectivity index (χ3n) is 3.96. The van der Waals surface area contributed by atoms with Crippen LogP contribution in [0.25, 0.3) is 0 Å². The minimum absolute atomic E-state index is 0.564. The maximum absolute atomic E-state index is 10.7. The summed E-state index contributed by atoms with van der Waals surface area (Å²) < 4.78 is 7.72. The minimum Gasteiger partial charge on any atom is -0.456 e. The third-order valence-corrected chi connectivity index (χ3v) is 4.27. The van der Waals surface area contributed by atoms with Crippen LogP contribution in [0.5, 0.6) is 11.5 Å². The van der Waals surface area contributed by atoms with Crippen molar-refractivity contribution in [2.24, 2.45) is 0 Å². The van der Waals surface area contributed by atoms with Crippen LogP contribution < -0.4 is 4.74 Å². The predicted octanol–water partition coefficient (Wildman–Crippen LogP) is 4.63. The average Bonchev–Trinajstić information content (AvgIpc) is 3.09. The number of para-hydroxylation sites is 1. The van der Waals surface area contributed by atoms with Crippen molar-refractivity contribution in [1.82, 2.24) is 9.55 Å². The Bertz CT molecular complexity index is 783. The van der Waals surface area contributed by atoms with Crippen LogP contribution in [0.1, 0.15) is 18.9 Å². The molecule has 0 radical (unpaired) electrons. The van der Waals surface area contributed by atoms with Gasteiger partial charge in [-0.2, -0.15) is 0 Å². The molecule has 1 atom stereocenters. The first-order valence-electron chi connectivity index (χ1n) is 7.76. The van der Waals surface area contributed by atoms with Gasteiger partial charge < -0.3 is 14.4 Å². The molecule has 0 aliphatic heterocycles. The summed E-state index contributed by atoms with van der Waals surface area (Å²) in [6.45, 7) is 2.51. The van der Waals surface area contributed by atoms with E-state index < -0.39 is 5.60 Å². The molecule has 0 spiro atoms. The van der Waals surface area contributed by atoms with E-state index in [-0.39, 0.29) is 0 Å². The average molecular weight is 343 g/mol. The second-order valence-electron chi connectivity index (χ2n) is 5.88. The number of rotatable bonds is 6. The van der Waals surface area contributed by atoms with E-state index in [1.165, 1.54) is 0 Å². The lowest BCUT2D eigenvalue weighted by atomic mass is 9.92. The number of hydrogen-bond donors (Lipinski definition) is 1. The first kappa shape index (κ1) is 16.6. The quantitative estimate of drug-likeness (QED) is 0.710. The molecule has 1 N–H and O–H groups in total. The summed E-state index contributed by atoms with van der Waals surface area (Å²) in [5.41, 5.74) is -0.0816. The standard InChI is InChI=1S/C19H19ClN2O2/c1-19(23,10-12-22-13-11-21-14-22)15-6-8-16(9-7-15)24-18-5-3-2-4-17(18)20/h2-9,11,13-14,23H,10,12H2,1H3. The lowest BCUT2D eigenvalue weighted by Crippen LogP contribution is -2.23. The van der Waals surface area contributed by atoms with Crippen molar-refractivity contribution in [2.45, 2.75) is 25.5 Å². The Labute approximate surface area is 146 Å². The summed E-state index contributed by atoms with van der Waals surface area (Å²) in [6, 6.07) is 14.8. The van der Waals surface area contributed by atoms with Crippen molar-refractivity contribution in [3.63, 3.8) is 0 Å². The number of aryl methyl sites for hydroxylation is 1. The largest absolute Gasteiger partial charge is 0.456 e. The van der Waals surface area contributed by atoms with Gasteiger partial charge in [0, 0.05) is 18.9 Å². The molecule has 0 saturated carbocycles. The molecule has 3 aromatic rings. The molecule has 0 aliphatic carbocycles. The molecule has 3 rings (SSSR count). The van der Waals surface area contributed by atoms with Gasteiger partial charge in [-0.05, 0) is 43.2 Å². The molecule has 0 amide bonds. The van der Waals surface area contributed by atoms with Gasteiger partial charge in [0.25, 0.3) is 0 Å². The van der Waals surface area contributed by atoms with E-state index in [0.717, 1.165) is 5.56 Å². The minimum atomic E-state index is -0.923. The highest BCUT2D eigenvalue weighted by molar-refractivity contribution is 6.32. The second-order valence-corrected chi connectivity index (χ2v) is 6.29. The fraction of sp³-hybridized carbons (Fsp3) is 0.211. The van der Waals surface area contributed by atoms with Crippen LogP contribution >= 0.6 is 11.6 Å². The molecule has 4 nitrogen and oxygen atoms in total. The van der Waals surface area contributed by atoms with Gasteiger partial charge >= 0.3 is 0 Å². The molecule has 1 aromatic heterocycles. The Balaban J connectivity index is 1.68. The van der Waals surface area contributed by atoms with Gasteiger partial charge in [0.05, 0.1) is 17.0 Å². The van der Waals surface area contributed by atoms with Gasteiger partial charge in [0.2, 0.25) is 0 Å². The van der Waals surface area contributed by atoms with E-state index in [2.05, 4.69) is 4.98 Å². The lowest BCUT2D eigenvalue weighted by molar-refractivity contribution is 0.0430. The highest BCUT2D eigenvalue weighted by atomic mass is 35.5. The Morgan fingerprint density at radius 3 is 2.58 bits per heavy atom. The highest BCUT2D eigenvalue weighted by Gasteiger charge is 2.22. The van der Waals surface area contributed by atoms with E-state index in [1.807, 2.05) is 60.2 Å². The number of halogens is 1. The predicted molar refractivity (Wildman–Crippen MR) is 94.4 cm³/mol. The molecular weight excluding hydrogens is 324 g/mol. The number of imidazole rings is 1. The summed E-state index contributed by atoms with van der Waals surface area (Å²) >= 11 is 6.10. The summed E-state index contributed by atoms with van der Waals surface area (Å²) in [4.78, 5) is 4.01. The van der Waals surface area contributed by atoms with Gasteiger partial charge in [-0.25, -0.2) is 4.98 Å². The monoisotopic (exact) mass is 342 g/mol. The van der Waals surface area contributed by atoms with Crippen LogP contribution in [0.2, 0.25) is 5.02 Å². The summed E-state index contributed by atoms with van der Waals surface area (Å²) in [6.07, 6.45) is 5.96. The molecule has 124 valence electrons. The maximum Gasteiger partial charge on any atom is 0.146 e. The van der Waals surface area contributed by atoms with Crippen molar-refractivity contribution in [1.29, 1.82) is 0 Å². The fourth-order valence-electron chi connectivity index (χ4n) is 2.45. The number of benzene rings is 2. The van der Waals surface area contributed by atoms with Crippen LogP contribution in [0, 0.1) is 0 Å². The first-order chi connectivity index (χ1) is 11.5. The lowest BCUT2D eigenvalue weighted by Gasteiger charge is -2.24. The van der Waals surface area contributed by atoms with Gasteiger partial charge in [-0.3, -0.25) is 0 Å². The Morgan fingerprint density at radius 2 is 1.92 bits per heavy atom. The van der Waals surface area contributed by atoms with Crippen molar-refractivity contribution in [2.75, 3.05) is 0 Å². The normalized spacial score (nSPS) is 13.5. The molecule has 1 heterocycles. The van der Waals surface area contributed by atoms with E-state index in [4.69, 9.17) is 16.3 Å². The van der Waals surface area contributed by atoms with E-state index >= 15 is 0 Å². The van der Waals surface area contributed by atoms with Crippen LogP contribution in [0.3, 0.4) is 0 Å². The zero-order chi connectivity index (χ0) is 17.0. The molecule has 5 heteroatoms. The number of aliphatic hydroxyl groups is 1. The molecule has 2 aromatic carbocycles. The molecule has 24 heavy (non-hydrogen) atoms. The third kappa shape index (κ3) is 3.96. The number of ether oxygens (including phenoxy) is 1. The Kier molecular flexibility index (Phi) is 4.88. The van der Waals surface area contributed by atoms with Crippen LogP contribution in [0.15, 0.2) is 67.3 Å². The number of nitrogens with zero attached hydrogens (tertiary/aromatic N) is 2. The molecule has 0 fully saturated rings. The smallest absolute Gasteiger partial charge is 0.146 e. The first-order valence-corrected chi connectivity index (χ1v) is 8.13. The second kappa shape index (κ2) is 7.07. The molecule has 0 saturated heterocycles. The highest BCUT2D eigenvalue weighted by Crippen LogP contribution is 2.31. The molecule has 0 bridgehead atoms. The van der Waals surface area contributed by atoms with Crippen molar-refractivity contribution < 1.29 is 9.84 Å². The number of hydrogen-bond acceptors (Lipinski definition) is 3. The molecular formula is C19H19ClN2O2. The fourth-order valence-corrected chi connectivity index (χ4v) is 2.62. The van der Waals surface area contributed by atoms with Crippen molar-refractivity contribution in [3.8, 4) is 11.5 Å². The zero-order valence-electron chi connectivity index (χ0n) is 13.4. The van der Waals surface area contributed by atoms with Gasteiger partial charge in [0.15, 0.2) is 0 Å².